The standard InChI is InChI=1S/C13H16BrClFNO/c14-10-7-11(15)12(16)8-13(10)18-6-4-9-3-1-2-5-17-9/h7-9,17H,1-6H2. The fourth-order valence-electron chi connectivity index (χ4n) is 2.10. The van der Waals surface area contributed by atoms with Crippen molar-refractivity contribution in [3.8, 4) is 5.75 Å². The Hall–Kier alpha value is -0.320. The van der Waals surface area contributed by atoms with E-state index in [4.69, 9.17) is 16.3 Å². The summed E-state index contributed by atoms with van der Waals surface area (Å²) in [7, 11) is 0. The Bertz CT molecular complexity index is 410. The van der Waals surface area contributed by atoms with E-state index in [0.29, 0.717) is 22.9 Å². The first-order valence-electron chi connectivity index (χ1n) is 6.17. The van der Waals surface area contributed by atoms with Gasteiger partial charge >= 0.3 is 0 Å². The fourth-order valence-corrected chi connectivity index (χ4v) is 2.85. The van der Waals surface area contributed by atoms with Crippen molar-refractivity contribution in [2.24, 2.45) is 0 Å². The summed E-state index contributed by atoms with van der Waals surface area (Å²) in [5.41, 5.74) is 0. The molecule has 1 aliphatic rings. The molecule has 0 aromatic heterocycles. The largest absolute Gasteiger partial charge is 0.492 e. The van der Waals surface area contributed by atoms with E-state index in [1.165, 1.54) is 31.4 Å². The van der Waals surface area contributed by atoms with Crippen molar-refractivity contribution in [1.29, 1.82) is 0 Å². The minimum Gasteiger partial charge on any atom is -0.492 e. The third kappa shape index (κ3) is 3.84. The SMILES string of the molecule is Fc1cc(OCCC2CCCCN2)c(Br)cc1Cl. The van der Waals surface area contributed by atoms with Crippen LogP contribution in [-0.4, -0.2) is 19.2 Å². The van der Waals surface area contributed by atoms with Gasteiger partial charge in [0.2, 0.25) is 0 Å². The Labute approximate surface area is 120 Å². The van der Waals surface area contributed by atoms with Gasteiger partial charge in [-0.15, -0.1) is 0 Å². The van der Waals surface area contributed by atoms with Crippen LogP contribution in [0.3, 0.4) is 0 Å². The molecule has 0 saturated carbocycles. The number of rotatable bonds is 4. The van der Waals surface area contributed by atoms with Gasteiger partial charge in [0.1, 0.15) is 11.6 Å². The zero-order valence-electron chi connectivity index (χ0n) is 10.0. The summed E-state index contributed by atoms with van der Waals surface area (Å²) < 4.78 is 19.6. The molecule has 1 aliphatic heterocycles. The van der Waals surface area contributed by atoms with Crippen LogP contribution in [0.2, 0.25) is 5.02 Å². The molecule has 1 saturated heterocycles. The predicted octanol–water partition coefficient (Wildman–Crippen LogP) is 4.15. The molecule has 1 unspecified atom stereocenters. The van der Waals surface area contributed by atoms with Crippen LogP contribution in [0.25, 0.3) is 0 Å². The molecule has 1 heterocycles. The van der Waals surface area contributed by atoms with Gasteiger partial charge < -0.3 is 10.1 Å². The second kappa shape index (κ2) is 6.73. The number of ether oxygens (including phenoxy) is 1. The maximum atomic E-state index is 13.3. The second-order valence-electron chi connectivity index (χ2n) is 4.48. The number of piperidine rings is 1. The lowest BCUT2D eigenvalue weighted by atomic mass is 10.0. The first-order valence-corrected chi connectivity index (χ1v) is 7.34. The van der Waals surface area contributed by atoms with Gasteiger partial charge in [-0.2, -0.15) is 0 Å². The van der Waals surface area contributed by atoms with E-state index in [-0.39, 0.29) is 5.02 Å². The van der Waals surface area contributed by atoms with Crippen molar-refractivity contribution in [3.05, 3.63) is 27.4 Å². The van der Waals surface area contributed by atoms with Crippen molar-refractivity contribution >= 4 is 27.5 Å². The second-order valence-corrected chi connectivity index (χ2v) is 5.74. The van der Waals surface area contributed by atoms with Crippen molar-refractivity contribution in [2.45, 2.75) is 31.7 Å². The summed E-state index contributed by atoms with van der Waals surface area (Å²) in [4.78, 5) is 0. The van der Waals surface area contributed by atoms with E-state index in [1.807, 2.05) is 0 Å². The first kappa shape index (κ1) is 14.1. The van der Waals surface area contributed by atoms with Crippen molar-refractivity contribution in [3.63, 3.8) is 0 Å². The lowest BCUT2D eigenvalue weighted by Crippen LogP contribution is -2.35. The molecule has 0 amide bonds. The Balaban J connectivity index is 1.84. The van der Waals surface area contributed by atoms with E-state index in [9.17, 15) is 4.39 Å². The molecule has 1 atom stereocenters. The smallest absolute Gasteiger partial charge is 0.145 e. The van der Waals surface area contributed by atoms with Crippen molar-refractivity contribution in [2.75, 3.05) is 13.2 Å². The average molecular weight is 337 g/mol. The van der Waals surface area contributed by atoms with Crippen LogP contribution < -0.4 is 10.1 Å². The topological polar surface area (TPSA) is 21.3 Å². The number of benzene rings is 1. The highest BCUT2D eigenvalue weighted by Gasteiger charge is 2.13. The monoisotopic (exact) mass is 335 g/mol. The van der Waals surface area contributed by atoms with Crippen molar-refractivity contribution < 1.29 is 9.13 Å². The summed E-state index contributed by atoms with van der Waals surface area (Å²) in [6.45, 7) is 1.67. The Kier molecular flexibility index (Phi) is 5.27. The van der Waals surface area contributed by atoms with E-state index >= 15 is 0 Å². The lowest BCUT2D eigenvalue weighted by Gasteiger charge is -2.23. The molecule has 0 radical (unpaired) electrons. The van der Waals surface area contributed by atoms with Gasteiger partial charge in [-0.1, -0.05) is 18.0 Å². The van der Waals surface area contributed by atoms with Crippen LogP contribution in [0.15, 0.2) is 16.6 Å². The Morgan fingerprint density at radius 1 is 1.44 bits per heavy atom. The molecular formula is C13H16BrClFNO. The normalized spacial score (nSPS) is 19.8. The number of nitrogens with one attached hydrogen (secondary N) is 1. The van der Waals surface area contributed by atoms with Gasteiger partial charge in [0, 0.05) is 12.1 Å². The van der Waals surface area contributed by atoms with Gasteiger partial charge in [0.15, 0.2) is 0 Å². The molecule has 2 rings (SSSR count). The zero-order valence-corrected chi connectivity index (χ0v) is 12.4. The van der Waals surface area contributed by atoms with Gasteiger partial charge in [0.25, 0.3) is 0 Å². The summed E-state index contributed by atoms with van der Waals surface area (Å²) in [5.74, 6) is 0.0540. The van der Waals surface area contributed by atoms with Crippen LogP contribution in [-0.2, 0) is 0 Å². The van der Waals surface area contributed by atoms with Gasteiger partial charge in [-0.3, -0.25) is 0 Å². The average Bonchev–Trinajstić information content (AvgIpc) is 2.37. The summed E-state index contributed by atoms with van der Waals surface area (Å²) in [6.07, 6.45) is 4.67. The molecule has 2 nitrogen and oxygen atoms in total. The molecule has 1 fully saturated rings. The van der Waals surface area contributed by atoms with Gasteiger partial charge in [-0.05, 0) is 47.8 Å². The highest BCUT2D eigenvalue weighted by atomic mass is 79.9. The van der Waals surface area contributed by atoms with Crippen molar-refractivity contribution in [1.82, 2.24) is 5.32 Å². The van der Waals surface area contributed by atoms with Gasteiger partial charge in [-0.25, -0.2) is 4.39 Å². The highest BCUT2D eigenvalue weighted by Crippen LogP contribution is 2.30. The molecule has 0 spiro atoms. The van der Waals surface area contributed by atoms with E-state index in [1.54, 1.807) is 0 Å². The molecular weight excluding hydrogens is 321 g/mol. The lowest BCUT2D eigenvalue weighted by molar-refractivity contribution is 0.266. The molecule has 1 aromatic rings. The third-order valence-electron chi connectivity index (χ3n) is 3.11. The summed E-state index contributed by atoms with van der Waals surface area (Å²) in [6, 6.07) is 3.36. The van der Waals surface area contributed by atoms with E-state index in [0.717, 1.165) is 13.0 Å². The first-order chi connectivity index (χ1) is 8.66. The molecule has 0 aliphatic carbocycles. The third-order valence-corrected chi connectivity index (χ3v) is 4.02. The fraction of sp³-hybridized carbons (Fsp3) is 0.538. The number of hydrogen-bond acceptors (Lipinski definition) is 2. The minimum absolute atomic E-state index is 0.100. The van der Waals surface area contributed by atoms with E-state index in [2.05, 4.69) is 21.2 Å². The minimum atomic E-state index is -0.453. The molecule has 1 aromatic carbocycles. The molecule has 5 heteroatoms. The Morgan fingerprint density at radius 2 is 2.28 bits per heavy atom. The number of halogens is 3. The Morgan fingerprint density at radius 3 is 3.00 bits per heavy atom. The van der Waals surface area contributed by atoms with Crippen LogP contribution in [0, 0.1) is 5.82 Å². The van der Waals surface area contributed by atoms with Crippen LogP contribution in [0.4, 0.5) is 4.39 Å². The molecule has 100 valence electrons. The van der Waals surface area contributed by atoms with Crippen LogP contribution in [0.5, 0.6) is 5.75 Å². The summed E-state index contributed by atoms with van der Waals surface area (Å²) >= 11 is 8.99. The highest BCUT2D eigenvalue weighted by molar-refractivity contribution is 9.10. The quantitative estimate of drug-likeness (QED) is 0.834. The van der Waals surface area contributed by atoms with Gasteiger partial charge in [0.05, 0.1) is 16.1 Å². The van der Waals surface area contributed by atoms with Crippen LogP contribution >= 0.6 is 27.5 Å². The maximum absolute atomic E-state index is 13.3. The molecule has 1 N–H and O–H groups in total. The molecule has 18 heavy (non-hydrogen) atoms. The molecule has 0 bridgehead atoms. The van der Waals surface area contributed by atoms with Crippen LogP contribution in [0.1, 0.15) is 25.7 Å². The maximum Gasteiger partial charge on any atom is 0.145 e. The van der Waals surface area contributed by atoms with E-state index < -0.39 is 5.82 Å². The predicted molar refractivity (Wildman–Crippen MR) is 74.9 cm³/mol. The number of hydrogen-bond donors (Lipinski definition) is 1. The zero-order chi connectivity index (χ0) is 13.0. The summed E-state index contributed by atoms with van der Waals surface area (Å²) in [5, 5.41) is 3.55.